The highest BCUT2D eigenvalue weighted by molar-refractivity contribution is 7.99. The Morgan fingerprint density at radius 3 is 2.64 bits per heavy atom. The molecule has 1 amide bonds. The molecule has 0 aliphatic carbocycles. The van der Waals surface area contributed by atoms with Crippen molar-refractivity contribution in [2.75, 3.05) is 18.9 Å². The van der Waals surface area contributed by atoms with Crippen LogP contribution in [-0.2, 0) is 4.79 Å². The SMILES string of the molecule is Cc1cccc(OCC(=O)NCCSc2ccccc2)c1C. The molecule has 0 unspecified atom stereocenters. The van der Waals surface area contributed by atoms with Gasteiger partial charge in [0.1, 0.15) is 5.75 Å². The van der Waals surface area contributed by atoms with Crippen LogP contribution in [0.25, 0.3) is 0 Å². The molecule has 0 spiro atoms. The summed E-state index contributed by atoms with van der Waals surface area (Å²) in [5.74, 6) is 1.53. The van der Waals surface area contributed by atoms with Crippen molar-refractivity contribution in [3.05, 3.63) is 59.7 Å². The number of carbonyl (C=O) groups excluding carboxylic acids is 1. The second-order valence-electron chi connectivity index (χ2n) is 5.00. The van der Waals surface area contributed by atoms with Gasteiger partial charge in [-0.15, -0.1) is 11.8 Å². The monoisotopic (exact) mass is 315 g/mol. The summed E-state index contributed by atoms with van der Waals surface area (Å²) in [7, 11) is 0. The van der Waals surface area contributed by atoms with Crippen LogP contribution < -0.4 is 10.1 Å². The van der Waals surface area contributed by atoms with Crippen molar-refractivity contribution >= 4 is 17.7 Å². The number of rotatable bonds is 7. The molecule has 2 aromatic rings. The molecule has 116 valence electrons. The summed E-state index contributed by atoms with van der Waals surface area (Å²) in [6.07, 6.45) is 0. The second-order valence-corrected chi connectivity index (χ2v) is 6.17. The molecule has 2 rings (SSSR count). The molecule has 0 bridgehead atoms. The predicted octanol–water partition coefficient (Wildman–Crippen LogP) is 3.59. The summed E-state index contributed by atoms with van der Waals surface area (Å²) in [6.45, 7) is 4.72. The first-order valence-electron chi connectivity index (χ1n) is 7.30. The average molecular weight is 315 g/mol. The number of amides is 1. The van der Waals surface area contributed by atoms with Crippen LogP contribution in [-0.4, -0.2) is 24.8 Å². The van der Waals surface area contributed by atoms with Gasteiger partial charge in [0, 0.05) is 17.2 Å². The van der Waals surface area contributed by atoms with E-state index in [1.165, 1.54) is 4.90 Å². The lowest BCUT2D eigenvalue weighted by atomic mass is 10.1. The van der Waals surface area contributed by atoms with Crippen molar-refractivity contribution in [1.82, 2.24) is 5.32 Å². The summed E-state index contributed by atoms with van der Waals surface area (Å²) < 4.78 is 5.58. The highest BCUT2D eigenvalue weighted by Crippen LogP contribution is 2.20. The minimum atomic E-state index is -0.0884. The lowest BCUT2D eigenvalue weighted by Crippen LogP contribution is -2.30. The summed E-state index contributed by atoms with van der Waals surface area (Å²) >= 11 is 1.73. The number of ether oxygens (including phenoxy) is 1. The Hall–Kier alpha value is -1.94. The van der Waals surface area contributed by atoms with Crippen molar-refractivity contribution in [3.63, 3.8) is 0 Å². The molecule has 0 saturated carbocycles. The Balaban J connectivity index is 1.67. The second kappa shape index (κ2) is 8.49. The molecule has 0 aliphatic rings. The molecule has 0 atom stereocenters. The van der Waals surface area contributed by atoms with Crippen LogP contribution in [0.15, 0.2) is 53.4 Å². The van der Waals surface area contributed by atoms with Crippen LogP contribution in [0.5, 0.6) is 5.75 Å². The third-order valence-corrected chi connectivity index (χ3v) is 4.36. The third kappa shape index (κ3) is 5.11. The smallest absolute Gasteiger partial charge is 0.257 e. The van der Waals surface area contributed by atoms with E-state index < -0.39 is 0 Å². The maximum absolute atomic E-state index is 11.8. The fourth-order valence-corrected chi connectivity index (χ4v) is 2.74. The van der Waals surface area contributed by atoms with Gasteiger partial charge in [-0.05, 0) is 43.2 Å². The first-order chi connectivity index (χ1) is 10.7. The van der Waals surface area contributed by atoms with Crippen LogP contribution in [0.1, 0.15) is 11.1 Å². The van der Waals surface area contributed by atoms with Crippen molar-refractivity contribution in [3.8, 4) is 5.75 Å². The molecule has 0 fully saturated rings. The van der Waals surface area contributed by atoms with Crippen LogP contribution in [0, 0.1) is 13.8 Å². The lowest BCUT2D eigenvalue weighted by Gasteiger charge is -2.11. The first-order valence-corrected chi connectivity index (χ1v) is 8.29. The number of nitrogens with one attached hydrogen (secondary N) is 1. The molecule has 0 aliphatic heterocycles. The zero-order valence-electron chi connectivity index (χ0n) is 13.0. The molecule has 2 aromatic carbocycles. The Bertz CT molecular complexity index is 614. The van der Waals surface area contributed by atoms with Crippen molar-refractivity contribution in [2.24, 2.45) is 0 Å². The van der Waals surface area contributed by atoms with Crippen LogP contribution in [0.3, 0.4) is 0 Å². The van der Waals surface area contributed by atoms with Crippen LogP contribution >= 0.6 is 11.8 Å². The highest BCUT2D eigenvalue weighted by Gasteiger charge is 2.05. The average Bonchev–Trinajstić information content (AvgIpc) is 2.54. The zero-order chi connectivity index (χ0) is 15.8. The molecule has 0 radical (unpaired) electrons. The van der Waals surface area contributed by atoms with E-state index in [2.05, 4.69) is 17.4 Å². The number of benzene rings is 2. The number of hydrogen-bond donors (Lipinski definition) is 1. The van der Waals surface area contributed by atoms with E-state index in [-0.39, 0.29) is 12.5 Å². The third-order valence-electron chi connectivity index (χ3n) is 3.35. The molecule has 1 N–H and O–H groups in total. The van der Waals surface area contributed by atoms with E-state index in [9.17, 15) is 4.79 Å². The van der Waals surface area contributed by atoms with Gasteiger partial charge < -0.3 is 10.1 Å². The number of thioether (sulfide) groups is 1. The van der Waals surface area contributed by atoms with Gasteiger partial charge in [-0.25, -0.2) is 0 Å². The van der Waals surface area contributed by atoms with Gasteiger partial charge >= 0.3 is 0 Å². The van der Waals surface area contributed by atoms with E-state index in [0.29, 0.717) is 6.54 Å². The van der Waals surface area contributed by atoms with E-state index in [4.69, 9.17) is 4.74 Å². The topological polar surface area (TPSA) is 38.3 Å². The van der Waals surface area contributed by atoms with E-state index in [0.717, 1.165) is 22.6 Å². The molecule has 0 aromatic heterocycles. The van der Waals surface area contributed by atoms with E-state index in [1.54, 1.807) is 11.8 Å². The van der Waals surface area contributed by atoms with Gasteiger partial charge in [0.05, 0.1) is 0 Å². The van der Waals surface area contributed by atoms with Gasteiger partial charge in [-0.2, -0.15) is 0 Å². The molecule has 0 saturated heterocycles. The Morgan fingerprint density at radius 2 is 1.86 bits per heavy atom. The van der Waals surface area contributed by atoms with Crippen LogP contribution in [0.2, 0.25) is 0 Å². The summed E-state index contributed by atoms with van der Waals surface area (Å²) in [5.41, 5.74) is 2.24. The van der Waals surface area contributed by atoms with E-state index >= 15 is 0 Å². The molecule has 0 heterocycles. The number of aryl methyl sites for hydroxylation is 1. The normalized spacial score (nSPS) is 10.3. The molecule has 3 nitrogen and oxygen atoms in total. The number of carbonyl (C=O) groups is 1. The Morgan fingerprint density at radius 1 is 1.09 bits per heavy atom. The summed E-state index contributed by atoms with van der Waals surface area (Å²) in [5, 5.41) is 2.87. The van der Waals surface area contributed by atoms with Gasteiger partial charge in [0.25, 0.3) is 5.91 Å². The fraction of sp³-hybridized carbons (Fsp3) is 0.278. The quantitative estimate of drug-likeness (QED) is 0.627. The van der Waals surface area contributed by atoms with Crippen LogP contribution in [0.4, 0.5) is 0 Å². The molecular weight excluding hydrogens is 294 g/mol. The van der Waals surface area contributed by atoms with Gasteiger partial charge in [-0.1, -0.05) is 30.3 Å². The predicted molar refractivity (Wildman–Crippen MR) is 91.6 cm³/mol. The van der Waals surface area contributed by atoms with Crippen molar-refractivity contribution in [1.29, 1.82) is 0 Å². The zero-order valence-corrected chi connectivity index (χ0v) is 13.8. The van der Waals surface area contributed by atoms with Gasteiger partial charge in [0.15, 0.2) is 6.61 Å². The van der Waals surface area contributed by atoms with Gasteiger partial charge in [0.2, 0.25) is 0 Å². The minimum absolute atomic E-state index is 0.0559. The summed E-state index contributed by atoms with van der Waals surface area (Å²) in [4.78, 5) is 13.0. The maximum Gasteiger partial charge on any atom is 0.257 e. The standard InChI is InChI=1S/C18H21NO2S/c1-14-7-6-10-17(15(14)2)21-13-18(20)19-11-12-22-16-8-4-3-5-9-16/h3-10H,11-13H2,1-2H3,(H,19,20). The molecule has 22 heavy (non-hydrogen) atoms. The molecule has 4 heteroatoms. The van der Waals surface area contributed by atoms with Gasteiger partial charge in [-0.3, -0.25) is 4.79 Å². The Labute approximate surface area is 136 Å². The minimum Gasteiger partial charge on any atom is -0.483 e. The first kappa shape index (κ1) is 16.4. The highest BCUT2D eigenvalue weighted by atomic mass is 32.2. The largest absolute Gasteiger partial charge is 0.483 e. The van der Waals surface area contributed by atoms with E-state index in [1.807, 2.05) is 50.2 Å². The van der Waals surface area contributed by atoms with Crippen molar-refractivity contribution < 1.29 is 9.53 Å². The number of hydrogen-bond acceptors (Lipinski definition) is 3. The Kier molecular flexibility index (Phi) is 6.34. The molecular formula is C18H21NO2S. The summed E-state index contributed by atoms with van der Waals surface area (Å²) in [6, 6.07) is 16.0. The fourth-order valence-electron chi connectivity index (χ4n) is 1.95. The maximum atomic E-state index is 11.8. The van der Waals surface area contributed by atoms with Crippen molar-refractivity contribution in [2.45, 2.75) is 18.7 Å². The lowest BCUT2D eigenvalue weighted by molar-refractivity contribution is -0.122.